The molecule has 0 aliphatic carbocycles. The highest BCUT2D eigenvalue weighted by Crippen LogP contribution is 2.17. The number of halogens is 1. The number of pyridine rings is 1. The molecule has 0 spiro atoms. The molecule has 0 atom stereocenters. The highest BCUT2D eigenvalue weighted by Gasteiger charge is 2.09. The van der Waals surface area contributed by atoms with Gasteiger partial charge in [0.15, 0.2) is 0 Å². The van der Waals surface area contributed by atoms with Crippen LogP contribution in [0.15, 0.2) is 30.6 Å². The van der Waals surface area contributed by atoms with Crippen molar-refractivity contribution in [3.63, 3.8) is 0 Å². The van der Waals surface area contributed by atoms with Crippen LogP contribution in [0.25, 0.3) is 11.1 Å². The molecule has 2 rings (SSSR count). The van der Waals surface area contributed by atoms with E-state index in [9.17, 15) is 14.4 Å². The molecule has 0 aliphatic heterocycles. The molecule has 2 heterocycles. The van der Waals surface area contributed by atoms with Crippen LogP contribution in [0.3, 0.4) is 0 Å². The topological polar surface area (TPSA) is 89.4 Å². The Labute approximate surface area is 109 Å². The summed E-state index contributed by atoms with van der Waals surface area (Å²) >= 11 is 3.08. The average molecular weight is 314 g/mol. The summed E-state index contributed by atoms with van der Waals surface area (Å²) in [6.07, 6.45) is 0. The van der Waals surface area contributed by atoms with Gasteiger partial charge in [0.25, 0.3) is 5.56 Å². The SMILES string of the molecule is CC(=O)OCc1cc(=O)oc2[nH]c(=O)c(Br)cc12. The molecule has 0 amide bonds. The predicted octanol–water partition coefficient (Wildman–Crippen LogP) is 1.31. The van der Waals surface area contributed by atoms with E-state index in [2.05, 4.69) is 20.9 Å². The van der Waals surface area contributed by atoms with Gasteiger partial charge in [-0.3, -0.25) is 14.6 Å². The van der Waals surface area contributed by atoms with Crippen LogP contribution in [-0.2, 0) is 16.1 Å². The minimum atomic E-state index is -0.623. The summed E-state index contributed by atoms with van der Waals surface area (Å²) in [7, 11) is 0. The van der Waals surface area contributed by atoms with Gasteiger partial charge in [-0.15, -0.1) is 0 Å². The van der Waals surface area contributed by atoms with Crippen LogP contribution in [0.2, 0.25) is 0 Å². The fourth-order valence-corrected chi connectivity index (χ4v) is 1.78. The largest absolute Gasteiger partial charge is 0.461 e. The monoisotopic (exact) mass is 313 g/mol. The number of aromatic amines is 1. The number of hydrogen-bond donors (Lipinski definition) is 1. The molecule has 0 saturated carbocycles. The van der Waals surface area contributed by atoms with Crippen LogP contribution in [0.5, 0.6) is 0 Å². The fraction of sp³-hybridized carbons (Fsp3) is 0.182. The Bertz CT molecular complexity index is 730. The fourth-order valence-electron chi connectivity index (χ4n) is 1.46. The van der Waals surface area contributed by atoms with Crippen molar-refractivity contribution < 1.29 is 13.9 Å². The van der Waals surface area contributed by atoms with Crippen molar-refractivity contribution in [2.45, 2.75) is 13.5 Å². The van der Waals surface area contributed by atoms with Gasteiger partial charge in [-0.05, 0) is 22.0 Å². The second kappa shape index (κ2) is 4.77. The Kier molecular flexibility index (Phi) is 3.33. The van der Waals surface area contributed by atoms with E-state index in [4.69, 9.17) is 9.15 Å². The summed E-state index contributed by atoms with van der Waals surface area (Å²) in [6.45, 7) is 1.21. The summed E-state index contributed by atoms with van der Waals surface area (Å²) in [6, 6.07) is 2.73. The molecule has 0 radical (unpaired) electrons. The third-order valence-electron chi connectivity index (χ3n) is 2.23. The molecule has 0 fully saturated rings. The maximum Gasteiger partial charge on any atom is 0.337 e. The van der Waals surface area contributed by atoms with E-state index in [1.54, 1.807) is 0 Å². The molecule has 0 aromatic carbocycles. The predicted molar refractivity (Wildman–Crippen MR) is 66.3 cm³/mol. The molecular formula is C11H8BrNO5. The summed E-state index contributed by atoms with van der Waals surface area (Å²) in [5.74, 6) is -0.458. The van der Waals surface area contributed by atoms with Crippen LogP contribution >= 0.6 is 15.9 Å². The third-order valence-corrected chi connectivity index (χ3v) is 2.82. The Morgan fingerprint density at radius 2 is 2.17 bits per heavy atom. The second-order valence-electron chi connectivity index (χ2n) is 3.56. The molecule has 7 heteroatoms. The molecule has 0 aliphatic rings. The summed E-state index contributed by atoms with van der Waals surface area (Å²) < 4.78 is 10.0. The highest BCUT2D eigenvalue weighted by atomic mass is 79.9. The smallest absolute Gasteiger partial charge is 0.337 e. The number of H-pyrrole nitrogens is 1. The van der Waals surface area contributed by atoms with Gasteiger partial charge in [-0.25, -0.2) is 4.79 Å². The number of hydrogen-bond acceptors (Lipinski definition) is 5. The maximum atomic E-state index is 11.4. The Morgan fingerprint density at radius 3 is 2.83 bits per heavy atom. The van der Waals surface area contributed by atoms with Crippen molar-refractivity contribution >= 4 is 33.0 Å². The van der Waals surface area contributed by atoms with Crippen molar-refractivity contribution in [3.05, 3.63) is 42.9 Å². The van der Waals surface area contributed by atoms with E-state index < -0.39 is 17.2 Å². The lowest BCUT2D eigenvalue weighted by Gasteiger charge is -2.05. The lowest BCUT2D eigenvalue weighted by Crippen LogP contribution is -2.11. The van der Waals surface area contributed by atoms with Crippen molar-refractivity contribution in [1.82, 2.24) is 4.98 Å². The minimum Gasteiger partial charge on any atom is -0.461 e. The summed E-state index contributed by atoms with van der Waals surface area (Å²) in [5.41, 5.74) is -0.510. The van der Waals surface area contributed by atoms with Gasteiger partial charge in [0.2, 0.25) is 5.71 Å². The molecule has 0 saturated heterocycles. The number of fused-ring (bicyclic) bond motifs is 1. The molecule has 1 N–H and O–H groups in total. The van der Waals surface area contributed by atoms with Gasteiger partial charge >= 0.3 is 11.6 Å². The quantitative estimate of drug-likeness (QED) is 0.844. The molecule has 94 valence electrons. The zero-order valence-electron chi connectivity index (χ0n) is 9.28. The van der Waals surface area contributed by atoms with E-state index in [-0.39, 0.29) is 12.3 Å². The van der Waals surface area contributed by atoms with Crippen molar-refractivity contribution in [3.8, 4) is 0 Å². The minimum absolute atomic E-state index is 0.0536. The molecule has 0 bridgehead atoms. The van der Waals surface area contributed by atoms with Crippen LogP contribution in [0.4, 0.5) is 0 Å². The number of esters is 1. The van der Waals surface area contributed by atoms with Crippen molar-refractivity contribution in [2.24, 2.45) is 0 Å². The van der Waals surface area contributed by atoms with Gasteiger partial charge in [0.05, 0.1) is 4.47 Å². The first kappa shape index (κ1) is 12.6. The van der Waals surface area contributed by atoms with Crippen LogP contribution in [-0.4, -0.2) is 11.0 Å². The summed E-state index contributed by atoms with van der Waals surface area (Å²) in [4.78, 5) is 35.9. The number of aromatic nitrogens is 1. The van der Waals surface area contributed by atoms with Gasteiger partial charge in [0, 0.05) is 23.9 Å². The molecule has 2 aromatic rings. The van der Waals surface area contributed by atoms with E-state index in [0.29, 0.717) is 15.4 Å². The van der Waals surface area contributed by atoms with E-state index >= 15 is 0 Å². The standard InChI is InChI=1S/C11H8BrNO5/c1-5(14)17-4-6-2-9(15)18-11-7(6)3-8(12)10(16)13-11/h2-3H,4H2,1H3,(H,13,16). The average Bonchev–Trinajstić information content (AvgIpc) is 2.28. The van der Waals surface area contributed by atoms with Crippen LogP contribution in [0.1, 0.15) is 12.5 Å². The zero-order valence-corrected chi connectivity index (χ0v) is 10.9. The number of ether oxygens (including phenoxy) is 1. The van der Waals surface area contributed by atoms with Gasteiger partial charge in [0.1, 0.15) is 6.61 Å². The van der Waals surface area contributed by atoms with E-state index in [1.807, 2.05) is 0 Å². The number of carbonyl (C=O) groups excluding carboxylic acids is 1. The first-order valence-corrected chi connectivity index (χ1v) is 5.75. The second-order valence-corrected chi connectivity index (χ2v) is 4.41. The van der Waals surface area contributed by atoms with Gasteiger partial charge in [-0.2, -0.15) is 0 Å². The number of rotatable bonds is 2. The normalized spacial score (nSPS) is 10.6. The molecular weight excluding hydrogens is 306 g/mol. The third kappa shape index (κ3) is 2.51. The Morgan fingerprint density at radius 1 is 1.44 bits per heavy atom. The number of nitrogens with one attached hydrogen (secondary N) is 1. The lowest BCUT2D eigenvalue weighted by molar-refractivity contribution is -0.142. The maximum absolute atomic E-state index is 11.4. The Hall–Kier alpha value is -1.89. The highest BCUT2D eigenvalue weighted by molar-refractivity contribution is 9.10. The first-order chi connectivity index (χ1) is 8.47. The van der Waals surface area contributed by atoms with Crippen LogP contribution in [0, 0.1) is 0 Å². The van der Waals surface area contributed by atoms with Crippen molar-refractivity contribution in [1.29, 1.82) is 0 Å². The van der Waals surface area contributed by atoms with E-state index in [0.717, 1.165) is 0 Å². The first-order valence-electron chi connectivity index (χ1n) is 4.96. The Balaban J connectivity index is 2.64. The molecule has 2 aromatic heterocycles. The van der Waals surface area contributed by atoms with Gasteiger partial charge in [-0.1, -0.05) is 0 Å². The molecule has 6 nitrogen and oxygen atoms in total. The van der Waals surface area contributed by atoms with Crippen LogP contribution < -0.4 is 11.2 Å². The zero-order chi connectivity index (χ0) is 13.3. The van der Waals surface area contributed by atoms with Crippen molar-refractivity contribution in [2.75, 3.05) is 0 Å². The molecule has 0 unspecified atom stereocenters. The summed E-state index contributed by atoms with van der Waals surface area (Å²) in [5, 5.41) is 0.502. The lowest BCUT2D eigenvalue weighted by atomic mass is 10.2. The molecule has 18 heavy (non-hydrogen) atoms. The van der Waals surface area contributed by atoms with E-state index in [1.165, 1.54) is 19.1 Å². The van der Waals surface area contributed by atoms with Gasteiger partial charge < -0.3 is 9.15 Å². The number of carbonyl (C=O) groups is 1.